The van der Waals surface area contributed by atoms with E-state index in [1.165, 1.54) is 17.6 Å². The monoisotopic (exact) mass is 214 g/mol. The van der Waals surface area contributed by atoms with Gasteiger partial charge in [0.25, 0.3) is 0 Å². The number of rotatable bonds is 3. The molecule has 1 rings (SSSR count). The Bertz CT molecular complexity index is 248. The van der Waals surface area contributed by atoms with E-state index in [0.29, 0.717) is 5.41 Å². The Balaban J connectivity index is -0.000000399. The lowest BCUT2D eigenvalue weighted by molar-refractivity contribution is 0.730. The zero-order valence-corrected chi connectivity index (χ0v) is 10.7. The molecule has 84 valence electrons. The van der Waals surface area contributed by atoms with E-state index in [1.807, 2.05) is 11.8 Å². The number of thioether (sulfide) groups is 1. The van der Waals surface area contributed by atoms with Crippen LogP contribution in [-0.2, 0) is 0 Å². The first kappa shape index (κ1) is 13.6. The summed E-state index contributed by atoms with van der Waals surface area (Å²) in [5, 5.41) is 0.784. The fourth-order valence-electron chi connectivity index (χ4n) is 1.98. The SMILES string of the molecule is C=C.C=C(C)C1(C(C)=CC)CC1SC.[HH].[HH]. The Morgan fingerprint density at radius 1 is 1.50 bits per heavy atom. The highest BCUT2D eigenvalue weighted by atomic mass is 32.2. The quantitative estimate of drug-likeness (QED) is 0.599. The minimum atomic E-state index is 0. The molecule has 0 heterocycles. The summed E-state index contributed by atoms with van der Waals surface area (Å²) < 4.78 is 0. The Hall–Kier alpha value is -0.430. The van der Waals surface area contributed by atoms with Crippen LogP contribution in [0.3, 0.4) is 0 Å². The molecule has 14 heavy (non-hydrogen) atoms. The van der Waals surface area contributed by atoms with Gasteiger partial charge in [-0.3, -0.25) is 0 Å². The fraction of sp³-hybridized carbons (Fsp3) is 0.538. The van der Waals surface area contributed by atoms with Gasteiger partial charge in [0.1, 0.15) is 0 Å². The molecule has 0 N–H and O–H groups in total. The minimum Gasteiger partial charge on any atom is -0.161 e. The second kappa shape index (κ2) is 5.45. The normalized spacial score (nSPS) is 30.3. The lowest BCUT2D eigenvalue weighted by Gasteiger charge is -2.17. The predicted molar refractivity (Wildman–Crippen MR) is 74.1 cm³/mol. The summed E-state index contributed by atoms with van der Waals surface area (Å²) in [7, 11) is 0. The molecule has 0 aromatic rings. The first-order chi connectivity index (χ1) is 6.59. The van der Waals surface area contributed by atoms with E-state index in [2.05, 4.69) is 52.8 Å². The van der Waals surface area contributed by atoms with Crippen LogP contribution in [0.25, 0.3) is 0 Å². The Labute approximate surface area is 96.1 Å². The lowest BCUT2D eigenvalue weighted by atomic mass is 9.90. The first-order valence-electron chi connectivity index (χ1n) is 4.91. The molecule has 1 fully saturated rings. The first-order valence-corrected chi connectivity index (χ1v) is 6.20. The highest BCUT2D eigenvalue weighted by molar-refractivity contribution is 7.99. The van der Waals surface area contributed by atoms with Gasteiger partial charge < -0.3 is 0 Å². The molecular formula is C13H26S. The number of hydrogen-bond acceptors (Lipinski definition) is 1. The van der Waals surface area contributed by atoms with Crippen molar-refractivity contribution in [3.8, 4) is 0 Å². The highest BCUT2D eigenvalue weighted by Gasteiger charge is 2.55. The molecule has 0 aromatic carbocycles. The summed E-state index contributed by atoms with van der Waals surface area (Å²) in [6.07, 6.45) is 5.71. The molecule has 0 amide bonds. The standard InChI is InChI=1S/C11H18S.C2H4.2H2/c1-6-9(4)11(8(2)3)7-10(11)12-5;1-2;;/h6,10H,2,7H2,1,3-5H3;1-2H2;2*1H. The molecule has 1 heteroatoms. The van der Waals surface area contributed by atoms with Gasteiger partial charge >= 0.3 is 0 Å². The van der Waals surface area contributed by atoms with Crippen molar-refractivity contribution in [2.24, 2.45) is 5.41 Å². The minimum absolute atomic E-state index is 0. The van der Waals surface area contributed by atoms with Crippen LogP contribution < -0.4 is 0 Å². The molecule has 0 saturated heterocycles. The third kappa shape index (κ3) is 2.14. The average Bonchev–Trinajstić information content (AvgIpc) is 2.95. The van der Waals surface area contributed by atoms with Gasteiger partial charge in [0, 0.05) is 13.5 Å². The fourth-order valence-corrected chi connectivity index (χ4v) is 3.20. The molecule has 0 radical (unpaired) electrons. The molecule has 2 atom stereocenters. The number of hydrogen-bond donors (Lipinski definition) is 0. The molecule has 0 aromatic heterocycles. The molecule has 1 aliphatic carbocycles. The van der Waals surface area contributed by atoms with Crippen LogP contribution in [0.4, 0.5) is 0 Å². The third-order valence-corrected chi connectivity index (χ3v) is 4.22. The summed E-state index contributed by atoms with van der Waals surface area (Å²) in [4.78, 5) is 0. The van der Waals surface area contributed by atoms with Crippen LogP contribution in [0.15, 0.2) is 37.0 Å². The molecule has 1 aliphatic rings. The van der Waals surface area contributed by atoms with Gasteiger partial charge in [-0.05, 0) is 33.4 Å². The molecule has 0 aliphatic heterocycles. The van der Waals surface area contributed by atoms with Crippen molar-refractivity contribution in [2.45, 2.75) is 32.4 Å². The summed E-state index contributed by atoms with van der Waals surface area (Å²) in [5.74, 6) is 0. The van der Waals surface area contributed by atoms with Crippen LogP contribution in [0, 0.1) is 5.41 Å². The zero-order chi connectivity index (χ0) is 11.4. The van der Waals surface area contributed by atoms with Crippen molar-refractivity contribution in [1.29, 1.82) is 0 Å². The molecule has 1 saturated carbocycles. The van der Waals surface area contributed by atoms with Crippen molar-refractivity contribution < 1.29 is 2.85 Å². The second-order valence-corrected chi connectivity index (χ2v) is 4.69. The summed E-state index contributed by atoms with van der Waals surface area (Å²) >= 11 is 1.97. The van der Waals surface area contributed by atoms with Crippen LogP contribution in [-0.4, -0.2) is 11.5 Å². The Kier molecular flexibility index (Phi) is 5.28. The second-order valence-electron chi connectivity index (χ2n) is 3.65. The topological polar surface area (TPSA) is 0 Å². The van der Waals surface area contributed by atoms with Crippen molar-refractivity contribution in [1.82, 2.24) is 0 Å². The maximum Gasteiger partial charge on any atom is 0.0242 e. The van der Waals surface area contributed by atoms with Gasteiger partial charge in [-0.25, -0.2) is 0 Å². The summed E-state index contributed by atoms with van der Waals surface area (Å²) in [5.41, 5.74) is 3.18. The molecule has 0 spiro atoms. The Morgan fingerprint density at radius 3 is 2.21 bits per heavy atom. The van der Waals surface area contributed by atoms with Crippen molar-refractivity contribution in [3.63, 3.8) is 0 Å². The van der Waals surface area contributed by atoms with E-state index in [1.54, 1.807) is 0 Å². The zero-order valence-electron chi connectivity index (χ0n) is 9.89. The van der Waals surface area contributed by atoms with Crippen LogP contribution in [0.5, 0.6) is 0 Å². The molecule has 2 unspecified atom stereocenters. The van der Waals surface area contributed by atoms with Crippen LogP contribution in [0.2, 0.25) is 0 Å². The average molecular weight is 214 g/mol. The van der Waals surface area contributed by atoms with Crippen LogP contribution in [0.1, 0.15) is 30.0 Å². The van der Waals surface area contributed by atoms with Gasteiger partial charge in [-0.15, -0.1) is 13.2 Å². The van der Waals surface area contributed by atoms with Gasteiger partial charge in [-0.2, -0.15) is 11.8 Å². The molecule has 0 nitrogen and oxygen atoms in total. The molecular weight excluding hydrogens is 188 g/mol. The summed E-state index contributed by atoms with van der Waals surface area (Å²) in [6.45, 7) is 16.6. The predicted octanol–water partition coefficient (Wildman–Crippen LogP) is 4.94. The smallest absolute Gasteiger partial charge is 0.0242 e. The van der Waals surface area contributed by atoms with E-state index in [0.717, 1.165) is 5.25 Å². The van der Waals surface area contributed by atoms with E-state index in [-0.39, 0.29) is 2.85 Å². The molecule has 0 bridgehead atoms. The largest absolute Gasteiger partial charge is 0.161 e. The Morgan fingerprint density at radius 2 is 2.00 bits per heavy atom. The van der Waals surface area contributed by atoms with Gasteiger partial charge in [0.05, 0.1) is 0 Å². The maximum atomic E-state index is 4.10. The third-order valence-electron chi connectivity index (χ3n) is 3.08. The number of allylic oxidation sites excluding steroid dienone is 3. The van der Waals surface area contributed by atoms with Crippen molar-refractivity contribution in [3.05, 3.63) is 37.0 Å². The van der Waals surface area contributed by atoms with Gasteiger partial charge in [-0.1, -0.05) is 23.8 Å². The van der Waals surface area contributed by atoms with E-state index in [9.17, 15) is 0 Å². The summed E-state index contributed by atoms with van der Waals surface area (Å²) in [6, 6.07) is 0. The van der Waals surface area contributed by atoms with Crippen molar-refractivity contribution in [2.75, 3.05) is 6.26 Å². The van der Waals surface area contributed by atoms with Gasteiger partial charge in [0.15, 0.2) is 0 Å². The maximum absolute atomic E-state index is 4.10. The van der Waals surface area contributed by atoms with E-state index >= 15 is 0 Å². The highest BCUT2D eigenvalue weighted by Crippen LogP contribution is 2.61. The van der Waals surface area contributed by atoms with Crippen LogP contribution >= 0.6 is 11.8 Å². The van der Waals surface area contributed by atoms with Crippen molar-refractivity contribution >= 4 is 11.8 Å². The van der Waals surface area contributed by atoms with E-state index in [4.69, 9.17) is 0 Å². The van der Waals surface area contributed by atoms with Gasteiger partial charge in [0.2, 0.25) is 0 Å². The lowest BCUT2D eigenvalue weighted by Crippen LogP contribution is -2.07. The van der Waals surface area contributed by atoms with E-state index < -0.39 is 0 Å².